The quantitative estimate of drug-likeness (QED) is 0.292. The SMILES string of the molecule is C1=C2CNCCCOCCOCCCNCC3=C=C(CNCCCOCCOCCCNCC=1C1=CC=CC=C=C21)C1=CC=CC=C=C31. The summed E-state index contributed by atoms with van der Waals surface area (Å²) >= 11 is 0. The van der Waals surface area contributed by atoms with E-state index in [0.717, 1.165) is 114 Å². The van der Waals surface area contributed by atoms with Crippen LogP contribution in [0.25, 0.3) is 0 Å². The Morgan fingerprint density at radius 1 is 0.417 bits per heavy atom. The van der Waals surface area contributed by atoms with Gasteiger partial charge >= 0.3 is 0 Å². The number of allylic oxidation sites excluding steroid dienone is 6. The predicted octanol–water partition coefficient (Wildman–Crippen LogP) is 4.07. The maximum absolute atomic E-state index is 5.80. The Morgan fingerprint density at radius 2 is 0.771 bits per heavy atom. The van der Waals surface area contributed by atoms with Crippen molar-refractivity contribution in [2.45, 2.75) is 25.7 Å². The average Bonchev–Trinajstić information content (AvgIpc) is 3.33. The van der Waals surface area contributed by atoms with Crippen molar-refractivity contribution >= 4 is 0 Å². The van der Waals surface area contributed by atoms with Gasteiger partial charge in [0, 0.05) is 97.2 Å². The maximum Gasteiger partial charge on any atom is 0.0700 e. The van der Waals surface area contributed by atoms with Gasteiger partial charge in [-0.2, -0.15) is 0 Å². The minimum atomic E-state index is 0.619. The van der Waals surface area contributed by atoms with Crippen LogP contribution >= 0.6 is 0 Å². The Kier molecular flexibility index (Phi) is 16.2. The Balaban J connectivity index is 1.06. The van der Waals surface area contributed by atoms with Gasteiger partial charge in [0.15, 0.2) is 0 Å². The minimum Gasteiger partial charge on any atom is -0.379 e. The zero-order chi connectivity index (χ0) is 32.9. The third-order valence-electron chi connectivity index (χ3n) is 8.31. The van der Waals surface area contributed by atoms with Crippen LogP contribution in [0.2, 0.25) is 0 Å². The lowest BCUT2D eigenvalue weighted by atomic mass is 10.0. The van der Waals surface area contributed by atoms with E-state index in [1.807, 2.05) is 24.3 Å². The van der Waals surface area contributed by atoms with Gasteiger partial charge in [0.2, 0.25) is 0 Å². The fourth-order valence-corrected chi connectivity index (χ4v) is 5.86. The van der Waals surface area contributed by atoms with Crippen LogP contribution in [0.15, 0.2) is 116 Å². The normalized spacial score (nSPS) is 23.3. The Hall–Kier alpha value is -3.28. The zero-order valence-electron chi connectivity index (χ0n) is 28.4. The number of hydrogen-bond donors (Lipinski definition) is 4. The van der Waals surface area contributed by atoms with E-state index in [1.165, 1.54) is 22.3 Å². The summed E-state index contributed by atoms with van der Waals surface area (Å²) in [4.78, 5) is 0. The summed E-state index contributed by atoms with van der Waals surface area (Å²) in [5.41, 5.74) is 23.6. The molecule has 0 aromatic heterocycles. The van der Waals surface area contributed by atoms with Crippen molar-refractivity contribution in [2.75, 3.05) is 105 Å². The Bertz CT molecular complexity index is 1370. The summed E-state index contributed by atoms with van der Waals surface area (Å²) in [6.07, 6.45) is 20.3. The highest BCUT2D eigenvalue weighted by molar-refractivity contribution is 5.65. The van der Waals surface area contributed by atoms with E-state index < -0.39 is 0 Å². The highest BCUT2D eigenvalue weighted by atomic mass is 16.5. The van der Waals surface area contributed by atoms with Gasteiger partial charge in [-0.05, 0) is 64.0 Å². The molecule has 8 heteroatoms. The molecule has 4 aliphatic carbocycles. The Morgan fingerprint density at radius 3 is 1.15 bits per heavy atom. The fraction of sp³-hybridized carbons (Fsp3) is 0.500. The molecule has 0 fully saturated rings. The van der Waals surface area contributed by atoms with Crippen molar-refractivity contribution in [3.63, 3.8) is 0 Å². The van der Waals surface area contributed by atoms with Crippen LogP contribution < -0.4 is 21.3 Å². The monoisotopic (exact) mass is 652 g/mol. The molecule has 0 spiro atoms. The third kappa shape index (κ3) is 12.0. The van der Waals surface area contributed by atoms with Gasteiger partial charge in [-0.15, -0.1) is 22.9 Å². The molecule has 1 aliphatic heterocycles. The number of nitrogens with one attached hydrogen (secondary N) is 4. The summed E-state index contributed by atoms with van der Waals surface area (Å²) in [5.74, 6) is 0. The van der Waals surface area contributed by atoms with Gasteiger partial charge in [-0.3, -0.25) is 0 Å². The molecule has 1 heterocycles. The zero-order valence-corrected chi connectivity index (χ0v) is 28.4. The van der Waals surface area contributed by atoms with Crippen LogP contribution in [-0.4, -0.2) is 105 Å². The second-order valence-electron chi connectivity index (χ2n) is 12.0. The van der Waals surface area contributed by atoms with Crippen LogP contribution in [0, 0.1) is 0 Å². The van der Waals surface area contributed by atoms with Crippen LogP contribution in [0.4, 0.5) is 0 Å². The molecule has 0 saturated heterocycles. The molecule has 0 aromatic carbocycles. The van der Waals surface area contributed by atoms with E-state index in [2.05, 4.69) is 68.5 Å². The number of ether oxygens (including phenoxy) is 4. The molecule has 0 atom stereocenters. The van der Waals surface area contributed by atoms with Crippen LogP contribution in [0.3, 0.4) is 0 Å². The van der Waals surface area contributed by atoms with Crippen molar-refractivity contribution in [2.24, 2.45) is 0 Å². The number of fused-ring (bicyclic) bond motifs is 6. The van der Waals surface area contributed by atoms with E-state index >= 15 is 0 Å². The first kappa shape index (κ1) is 36.0. The molecule has 0 saturated carbocycles. The third-order valence-corrected chi connectivity index (χ3v) is 8.31. The van der Waals surface area contributed by atoms with Gasteiger partial charge < -0.3 is 40.2 Å². The standard InChI is InChI=1S/C40H52N4O4/c1-3-11-37-33-27-34(38(37)12-4-1)30-42-16-8-20-46-24-26-48-22-10-18-44-32-36-28-35(39-13-5-2-6-14-40(36)39)31-43-17-9-21-47-25-23-45-19-7-15-41-29-33/h1-6,11,13,41-44H,7-10,15-26,29-32H2. The van der Waals surface area contributed by atoms with E-state index in [4.69, 9.17) is 18.9 Å². The van der Waals surface area contributed by atoms with Crippen molar-refractivity contribution in [1.29, 1.82) is 0 Å². The summed E-state index contributed by atoms with van der Waals surface area (Å²) < 4.78 is 23.2. The molecular weight excluding hydrogens is 600 g/mol. The highest BCUT2D eigenvalue weighted by Crippen LogP contribution is 2.32. The summed E-state index contributed by atoms with van der Waals surface area (Å²) in [5, 5.41) is 14.3. The lowest BCUT2D eigenvalue weighted by molar-refractivity contribution is 0.0462. The average molecular weight is 653 g/mol. The van der Waals surface area contributed by atoms with E-state index in [9.17, 15) is 0 Å². The minimum absolute atomic E-state index is 0.619. The van der Waals surface area contributed by atoms with Crippen LogP contribution in [0.5, 0.6) is 0 Å². The molecule has 4 bridgehead atoms. The van der Waals surface area contributed by atoms with Gasteiger partial charge in [0.05, 0.1) is 26.4 Å². The molecule has 0 aromatic rings. The van der Waals surface area contributed by atoms with Gasteiger partial charge in [-0.1, -0.05) is 36.5 Å². The van der Waals surface area contributed by atoms with E-state index in [-0.39, 0.29) is 0 Å². The first-order valence-electron chi connectivity index (χ1n) is 17.7. The second kappa shape index (κ2) is 21.6. The van der Waals surface area contributed by atoms with Gasteiger partial charge in [0.1, 0.15) is 0 Å². The summed E-state index contributed by atoms with van der Waals surface area (Å²) in [7, 11) is 0. The molecule has 8 nitrogen and oxygen atoms in total. The molecular formula is C40H52N4O4. The first-order chi connectivity index (χ1) is 23.9. The predicted molar refractivity (Wildman–Crippen MR) is 192 cm³/mol. The molecule has 0 unspecified atom stereocenters. The van der Waals surface area contributed by atoms with Gasteiger partial charge in [-0.25, -0.2) is 0 Å². The molecule has 0 radical (unpaired) electrons. The largest absolute Gasteiger partial charge is 0.379 e. The number of hydrogen-bond acceptors (Lipinski definition) is 8. The fourth-order valence-electron chi connectivity index (χ4n) is 5.86. The maximum atomic E-state index is 5.80. The van der Waals surface area contributed by atoms with Crippen molar-refractivity contribution < 1.29 is 18.9 Å². The topological polar surface area (TPSA) is 85.0 Å². The summed E-state index contributed by atoms with van der Waals surface area (Å²) in [6.45, 7) is 12.0. The second-order valence-corrected chi connectivity index (χ2v) is 12.0. The van der Waals surface area contributed by atoms with E-state index in [0.29, 0.717) is 39.6 Å². The van der Waals surface area contributed by atoms with Crippen molar-refractivity contribution in [3.05, 3.63) is 116 Å². The van der Waals surface area contributed by atoms with Gasteiger partial charge in [0.25, 0.3) is 0 Å². The molecule has 5 rings (SSSR count). The molecule has 4 N–H and O–H groups in total. The van der Waals surface area contributed by atoms with Crippen molar-refractivity contribution in [3.8, 4) is 0 Å². The molecule has 0 amide bonds. The van der Waals surface area contributed by atoms with E-state index in [1.54, 1.807) is 0 Å². The summed E-state index contributed by atoms with van der Waals surface area (Å²) in [6, 6.07) is 0. The molecule has 5 aliphatic rings. The first-order valence-corrected chi connectivity index (χ1v) is 17.7. The highest BCUT2D eigenvalue weighted by Gasteiger charge is 2.22. The Labute approximate surface area is 286 Å². The lowest BCUT2D eigenvalue weighted by Gasteiger charge is -2.11. The van der Waals surface area contributed by atoms with Crippen LogP contribution in [-0.2, 0) is 18.9 Å². The smallest absolute Gasteiger partial charge is 0.0700 e. The van der Waals surface area contributed by atoms with Crippen molar-refractivity contribution in [1.82, 2.24) is 21.3 Å². The number of rotatable bonds is 0. The van der Waals surface area contributed by atoms with Crippen LogP contribution in [0.1, 0.15) is 25.7 Å². The lowest BCUT2D eigenvalue weighted by Crippen LogP contribution is -2.21. The molecule has 48 heavy (non-hydrogen) atoms. The molecule has 256 valence electrons.